The summed E-state index contributed by atoms with van der Waals surface area (Å²) in [6.45, 7) is 1.67. The maximum atomic E-state index is 11.0. The Bertz CT molecular complexity index is 188. The summed E-state index contributed by atoms with van der Waals surface area (Å²) in [6, 6.07) is 0. The molecule has 11 heavy (non-hydrogen) atoms. The summed E-state index contributed by atoms with van der Waals surface area (Å²) in [5.74, 6) is 3.66. The summed E-state index contributed by atoms with van der Waals surface area (Å²) < 4.78 is 0. The van der Waals surface area contributed by atoms with Crippen LogP contribution in [0.25, 0.3) is 0 Å². The Morgan fingerprint density at radius 3 is 2.82 bits per heavy atom. The molecule has 0 spiro atoms. The summed E-state index contributed by atoms with van der Waals surface area (Å²) in [6.07, 6.45) is 9.51. The maximum Gasteiger partial charge on any atom is 0.132 e. The van der Waals surface area contributed by atoms with Crippen molar-refractivity contribution in [3.8, 4) is 12.3 Å². The van der Waals surface area contributed by atoms with Crippen LogP contribution in [0.2, 0.25) is 0 Å². The van der Waals surface area contributed by atoms with Gasteiger partial charge in [0.25, 0.3) is 0 Å². The first-order valence-corrected chi connectivity index (χ1v) is 4.20. The number of Topliss-reactive ketones (excluding diaryl/α,β-unsaturated/α-hetero) is 1. The Morgan fingerprint density at radius 2 is 2.27 bits per heavy atom. The largest absolute Gasteiger partial charge is 0.300 e. The molecule has 2 atom stereocenters. The summed E-state index contributed by atoms with van der Waals surface area (Å²) in [4.78, 5) is 11.0. The molecule has 0 radical (unpaired) electrons. The first kappa shape index (κ1) is 8.33. The number of carbonyl (C=O) groups excluding carboxylic acids is 1. The lowest BCUT2D eigenvalue weighted by Crippen LogP contribution is -2.19. The van der Waals surface area contributed by atoms with E-state index in [1.807, 2.05) is 0 Å². The van der Waals surface area contributed by atoms with Crippen LogP contribution in [-0.2, 0) is 4.79 Å². The maximum absolute atomic E-state index is 11.0. The van der Waals surface area contributed by atoms with Gasteiger partial charge in [-0.15, -0.1) is 12.3 Å². The summed E-state index contributed by atoms with van der Waals surface area (Å²) in [7, 11) is 0. The minimum atomic E-state index is 0.254. The van der Waals surface area contributed by atoms with Crippen LogP contribution in [-0.4, -0.2) is 5.78 Å². The van der Waals surface area contributed by atoms with Gasteiger partial charge < -0.3 is 0 Å². The zero-order chi connectivity index (χ0) is 8.27. The molecule has 1 fully saturated rings. The highest BCUT2D eigenvalue weighted by atomic mass is 16.1. The van der Waals surface area contributed by atoms with E-state index in [9.17, 15) is 4.79 Å². The van der Waals surface area contributed by atoms with Gasteiger partial charge in [0, 0.05) is 11.8 Å². The van der Waals surface area contributed by atoms with Crippen molar-refractivity contribution in [1.82, 2.24) is 0 Å². The topological polar surface area (TPSA) is 17.1 Å². The molecule has 60 valence electrons. The van der Waals surface area contributed by atoms with E-state index in [0.717, 1.165) is 25.7 Å². The second kappa shape index (κ2) is 3.57. The lowest BCUT2D eigenvalue weighted by Gasteiger charge is -2.23. The van der Waals surface area contributed by atoms with Crippen molar-refractivity contribution in [2.45, 2.75) is 32.6 Å². The van der Waals surface area contributed by atoms with Crippen LogP contribution in [0.5, 0.6) is 0 Å². The number of ketones is 1. The van der Waals surface area contributed by atoms with E-state index >= 15 is 0 Å². The minimum Gasteiger partial charge on any atom is -0.300 e. The molecule has 0 unspecified atom stereocenters. The summed E-state index contributed by atoms with van der Waals surface area (Å²) in [5, 5.41) is 0. The highest BCUT2D eigenvalue weighted by Crippen LogP contribution is 2.28. The Labute approximate surface area is 68.2 Å². The van der Waals surface area contributed by atoms with Crippen molar-refractivity contribution >= 4 is 5.78 Å². The molecule has 1 aliphatic rings. The van der Waals surface area contributed by atoms with E-state index < -0.39 is 0 Å². The van der Waals surface area contributed by atoms with Gasteiger partial charge in [-0.25, -0.2) is 0 Å². The molecule has 0 aliphatic heterocycles. The lowest BCUT2D eigenvalue weighted by molar-refractivity contribution is -0.121. The van der Waals surface area contributed by atoms with Crippen LogP contribution < -0.4 is 0 Å². The number of carbonyl (C=O) groups is 1. The Morgan fingerprint density at radius 1 is 1.55 bits per heavy atom. The molecular formula is C10H14O. The molecule has 0 N–H and O–H groups in total. The fourth-order valence-corrected chi connectivity index (χ4v) is 1.71. The predicted molar refractivity (Wildman–Crippen MR) is 45.0 cm³/mol. The molecule has 0 bridgehead atoms. The number of rotatable bonds is 1. The first-order valence-electron chi connectivity index (χ1n) is 4.20. The van der Waals surface area contributed by atoms with Gasteiger partial charge in [0.2, 0.25) is 0 Å². The van der Waals surface area contributed by atoms with Gasteiger partial charge in [-0.2, -0.15) is 0 Å². The molecule has 1 nitrogen and oxygen atoms in total. The Balaban J connectivity index is 2.47. The molecule has 0 aromatic carbocycles. The molecule has 0 aromatic heterocycles. The molecule has 1 rings (SSSR count). The van der Waals surface area contributed by atoms with Crippen LogP contribution in [0.4, 0.5) is 0 Å². The monoisotopic (exact) mass is 150 g/mol. The van der Waals surface area contributed by atoms with Gasteiger partial charge in [-0.05, 0) is 26.2 Å². The summed E-state index contributed by atoms with van der Waals surface area (Å²) in [5.41, 5.74) is 0. The Hall–Kier alpha value is -0.770. The van der Waals surface area contributed by atoms with E-state index in [1.165, 1.54) is 0 Å². The molecular weight excluding hydrogens is 136 g/mol. The number of hydrogen-bond donors (Lipinski definition) is 0. The third-order valence-corrected chi connectivity index (χ3v) is 2.48. The quantitative estimate of drug-likeness (QED) is 0.522. The van der Waals surface area contributed by atoms with E-state index in [0.29, 0.717) is 11.7 Å². The minimum absolute atomic E-state index is 0.254. The van der Waals surface area contributed by atoms with Crippen molar-refractivity contribution in [3.63, 3.8) is 0 Å². The van der Waals surface area contributed by atoms with Crippen molar-refractivity contribution in [3.05, 3.63) is 0 Å². The van der Waals surface area contributed by atoms with Gasteiger partial charge in [-0.3, -0.25) is 4.79 Å². The van der Waals surface area contributed by atoms with Crippen molar-refractivity contribution < 1.29 is 4.79 Å². The second-order valence-corrected chi connectivity index (χ2v) is 3.34. The smallest absolute Gasteiger partial charge is 0.132 e. The fraction of sp³-hybridized carbons (Fsp3) is 0.700. The second-order valence-electron chi connectivity index (χ2n) is 3.34. The van der Waals surface area contributed by atoms with Crippen LogP contribution in [0.1, 0.15) is 32.6 Å². The number of terminal acetylenes is 1. The fourth-order valence-electron chi connectivity index (χ4n) is 1.71. The van der Waals surface area contributed by atoms with Crippen LogP contribution >= 0.6 is 0 Å². The molecule has 0 heterocycles. The average Bonchev–Trinajstić information content (AvgIpc) is 2.05. The van der Waals surface area contributed by atoms with Gasteiger partial charge in [0.1, 0.15) is 5.78 Å². The zero-order valence-electron chi connectivity index (χ0n) is 6.97. The summed E-state index contributed by atoms with van der Waals surface area (Å²) >= 11 is 0. The molecule has 0 saturated heterocycles. The van der Waals surface area contributed by atoms with E-state index in [4.69, 9.17) is 6.42 Å². The molecule has 0 aromatic rings. The number of hydrogen-bond acceptors (Lipinski definition) is 1. The third kappa shape index (κ3) is 2.08. The molecule has 1 saturated carbocycles. The highest BCUT2D eigenvalue weighted by molar-refractivity contribution is 5.78. The molecule has 1 aliphatic carbocycles. The predicted octanol–water partition coefficient (Wildman–Crippen LogP) is 2.01. The van der Waals surface area contributed by atoms with E-state index in [1.54, 1.807) is 6.92 Å². The van der Waals surface area contributed by atoms with Gasteiger partial charge >= 0.3 is 0 Å². The van der Waals surface area contributed by atoms with Crippen LogP contribution in [0, 0.1) is 24.2 Å². The third-order valence-electron chi connectivity index (χ3n) is 2.48. The van der Waals surface area contributed by atoms with Gasteiger partial charge in [0.05, 0.1) is 0 Å². The first-order chi connectivity index (χ1) is 5.24. The Kier molecular flexibility index (Phi) is 2.70. The SMILES string of the molecule is C#C[C@H]1CCC[C@H](C(C)=O)C1. The molecule has 1 heteroatoms. The molecule has 0 amide bonds. The van der Waals surface area contributed by atoms with Crippen LogP contribution in [0.15, 0.2) is 0 Å². The standard InChI is InChI=1S/C10H14O/c1-3-9-5-4-6-10(7-9)8(2)11/h1,9-10H,4-7H2,2H3/t9-,10-/m0/s1. The van der Waals surface area contributed by atoms with Crippen molar-refractivity contribution in [2.24, 2.45) is 11.8 Å². The van der Waals surface area contributed by atoms with Crippen molar-refractivity contribution in [1.29, 1.82) is 0 Å². The highest BCUT2D eigenvalue weighted by Gasteiger charge is 2.23. The van der Waals surface area contributed by atoms with Gasteiger partial charge in [0.15, 0.2) is 0 Å². The lowest BCUT2D eigenvalue weighted by atomic mass is 9.80. The average molecular weight is 150 g/mol. The van der Waals surface area contributed by atoms with E-state index in [2.05, 4.69) is 5.92 Å². The van der Waals surface area contributed by atoms with E-state index in [-0.39, 0.29) is 5.92 Å². The van der Waals surface area contributed by atoms with Gasteiger partial charge in [-0.1, -0.05) is 6.42 Å². The van der Waals surface area contributed by atoms with Crippen LogP contribution in [0.3, 0.4) is 0 Å². The normalized spacial score (nSPS) is 30.9. The van der Waals surface area contributed by atoms with Crippen molar-refractivity contribution in [2.75, 3.05) is 0 Å². The zero-order valence-corrected chi connectivity index (χ0v) is 6.97.